The quantitative estimate of drug-likeness (QED) is 0.861. The second kappa shape index (κ2) is 4.48. The molecule has 92 valence electrons. The zero-order valence-corrected chi connectivity index (χ0v) is 12.1. The van der Waals surface area contributed by atoms with Crippen molar-refractivity contribution in [3.8, 4) is 5.75 Å². The Morgan fingerprint density at radius 2 is 2.41 bits per heavy atom. The van der Waals surface area contributed by atoms with E-state index in [9.17, 15) is 5.11 Å². The molecule has 1 aromatic rings. The van der Waals surface area contributed by atoms with Crippen LogP contribution in [0.25, 0.3) is 0 Å². The molecule has 0 fully saturated rings. The minimum atomic E-state index is -0.377. The Morgan fingerprint density at radius 1 is 1.59 bits per heavy atom. The van der Waals surface area contributed by atoms with Gasteiger partial charge < -0.3 is 9.84 Å². The van der Waals surface area contributed by atoms with Crippen molar-refractivity contribution in [1.29, 1.82) is 0 Å². The van der Waals surface area contributed by atoms with E-state index < -0.39 is 0 Å². The van der Waals surface area contributed by atoms with Crippen molar-refractivity contribution in [3.63, 3.8) is 0 Å². The monoisotopic (exact) mass is 314 g/mol. The highest BCUT2D eigenvalue weighted by Gasteiger charge is 2.33. The van der Waals surface area contributed by atoms with Crippen LogP contribution >= 0.6 is 27.7 Å². The SMILES string of the molecule is CCC1SCc2c3c(cc(Br)c2C1O)CCO3. The molecule has 2 nitrogen and oxygen atoms in total. The van der Waals surface area contributed by atoms with Crippen molar-refractivity contribution < 1.29 is 9.84 Å². The van der Waals surface area contributed by atoms with Crippen LogP contribution in [-0.2, 0) is 12.2 Å². The molecule has 0 saturated heterocycles. The van der Waals surface area contributed by atoms with Crippen LogP contribution in [0.1, 0.15) is 36.1 Å². The van der Waals surface area contributed by atoms with Gasteiger partial charge in [-0.15, -0.1) is 0 Å². The molecule has 4 heteroatoms. The fourth-order valence-corrected chi connectivity index (χ4v) is 4.63. The largest absolute Gasteiger partial charge is 0.493 e. The third-order valence-corrected chi connectivity index (χ3v) is 5.69. The lowest BCUT2D eigenvalue weighted by molar-refractivity contribution is 0.169. The average molecular weight is 315 g/mol. The van der Waals surface area contributed by atoms with Gasteiger partial charge in [0.15, 0.2) is 0 Å². The van der Waals surface area contributed by atoms with E-state index in [-0.39, 0.29) is 6.10 Å². The minimum absolute atomic E-state index is 0.304. The van der Waals surface area contributed by atoms with E-state index in [1.165, 1.54) is 11.1 Å². The molecule has 0 aromatic heterocycles. The summed E-state index contributed by atoms with van der Waals surface area (Å²) in [5.41, 5.74) is 3.53. The summed E-state index contributed by atoms with van der Waals surface area (Å²) in [5, 5.41) is 10.7. The van der Waals surface area contributed by atoms with E-state index in [2.05, 4.69) is 28.9 Å². The summed E-state index contributed by atoms with van der Waals surface area (Å²) in [6.45, 7) is 2.90. The first-order valence-corrected chi connectivity index (χ1v) is 7.83. The summed E-state index contributed by atoms with van der Waals surface area (Å²) >= 11 is 5.45. The molecular formula is C13H15BrO2S. The minimum Gasteiger partial charge on any atom is -0.493 e. The molecule has 0 spiro atoms. The number of fused-ring (bicyclic) bond motifs is 3. The number of hydrogen-bond donors (Lipinski definition) is 1. The molecule has 2 atom stereocenters. The molecule has 1 aromatic carbocycles. The van der Waals surface area contributed by atoms with Gasteiger partial charge in [0, 0.05) is 33.0 Å². The number of aliphatic hydroxyl groups excluding tert-OH is 1. The lowest BCUT2D eigenvalue weighted by atomic mass is 9.96. The zero-order valence-electron chi connectivity index (χ0n) is 9.70. The van der Waals surface area contributed by atoms with E-state index in [0.717, 1.165) is 41.0 Å². The van der Waals surface area contributed by atoms with Gasteiger partial charge in [-0.1, -0.05) is 22.9 Å². The molecule has 17 heavy (non-hydrogen) atoms. The summed E-state index contributed by atoms with van der Waals surface area (Å²) in [7, 11) is 0. The first-order valence-electron chi connectivity index (χ1n) is 5.99. The average Bonchev–Trinajstić information content (AvgIpc) is 2.77. The predicted octanol–water partition coefficient (Wildman–Crippen LogP) is 3.44. The normalized spacial score (nSPS) is 26.3. The van der Waals surface area contributed by atoms with Gasteiger partial charge >= 0.3 is 0 Å². The maximum atomic E-state index is 10.4. The highest BCUT2D eigenvalue weighted by Crippen LogP contribution is 2.48. The van der Waals surface area contributed by atoms with Gasteiger partial charge in [-0.05, 0) is 18.1 Å². The Bertz CT molecular complexity index is 461. The van der Waals surface area contributed by atoms with Crippen LogP contribution in [0.2, 0.25) is 0 Å². The van der Waals surface area contributed by atoms with Gasteiger partial charge in [0.2, 0.25) is 0 Å². The Balaban J connectivity index is 2.14. The van der Waals surface area contributed by atoms with E-state index >= 15 is 0 Å². The van der Waals surface area contributed by atoms with Gasteiger partial charge in [-0.25, -0.2) is 0 Å². The Hall–Kier alpha value is -0.190. The molecule has 0 bridgehead atoms. The van der Waals surface area contributed by atoms with Crippen LogP contribution in [0.5, 0.6) is 5.75 Å². The van der Waals surface area contributed by atoms with Gasteiger partial charge in [-0.2, -0.15) is 11.8 Å². The molecule has 2 heterocycles. The van der Waals surface area contributed by atoms with Gasteiger partial charge in [0.1, 0.15) is 5.75 Å². The van der Waals surface area contributed by atoms with Crippen LogP contribution in [0.4, 0.5) is 0 Å². The second-order valence-corrected chi connectivity index (χ2v) is 6.62. The lowest BCUT2D eigenvalue weighted by Gasteiger charge is -2.31. The van der Waals surface area contributed by atoms with Crippen LogP contribution in [0.15, 0.2) is 10.5 Å². The predicted molar refractivity (Wildman–Crippen MR) is 73.7 cm³/mol. The summed E-state index contributed by atoms with van der Waals surface area (Å²) in [5.74, 6) is 1.98. The third kappa shape index (κ3) is 1.81. The first kappa shape index (κ1) is 11.9. The standard InChI is InChI=1S/C13H15BrO2S/c1-2-10-12(15)11-8(6-17-10)13-7(3-4-16-13)5-9(11)14/h5,10,12,15H,2-4,6H2,1H3. The van der Waals surface area contributed by atoms with Crippen LogP contribution in [0.3, 0.4) is 0 Å². The fourth-order valence-electron chi connectivity index (χ4n) is 2.66. The van der Waals surface area contributed by atoms with Crippen molar-refractivity contribution in [2.75, 3.05) is 6.61 Å². The van der Waals surface area contributed by atoms with E-state index in [1.54, 1.807) is 0 Å². The maximum Gasteiger partial charge on any atom is 0.127 e. The van der Waals surface area contributed by atoms with Crippen LogP contribution in [-0.4, -0.2) is 17.0 Å². The third-order valence-electron chi connectivity index (χ3n) is 3.56. The van der Waals surface area contributed by atoms with Crippen molar-refractivity contribution >= 4 is 27.7 Å². The smallest absolute Gasteiger partial charge is 0.127 e. The number of thioether (sulfide) groups is 1. The Labute approximate surface area is 114 Å². The number of benzene rings is 1. The van der Waals surface area contributed by atoms with Gasteiger partial charge in [0.05, 0.1) is 12.7 Å². The summed E-state index contributed by atoms with van der Waals surface area (Å²) in [4.78, 5) is 0. The molecule has 0 saturated carbocycles. The molecule has 1 N–H and O–H groups in total. The molecule has 3 rings (SSSR count). The lowest BCUT2D eigenvalue weighted by Crippen LogP contribution is -2.21. The highest BCUT2D eigenvalue weighted by molar-refractivity contribution is 9.10. The topological polar surface area (TPSA) is 29.5 Å². The number of hydrogen-bond acceptors (Lipinski definition) is 3. The summed E-state index contributed by atoms with van der Waals surface area (Å²) in [6, 6.07) is 2.12. The van der Waals surface area contributed by atoms with Gasteiger partial charge in [-0.3, -0.25) is 0 Å². The van der Waals surface area contributed by atoms with Crippen molar-refractivity contribution in [2.24, 2.45) is 0 Å². The molecule has 2 unspecified atom stereocenters. The summed E-state index contributed by atoms with van der Waals surface area (Å²) in [6.07, 6.45) is 1.60. The Kier molecular flexibility index (Phi) is 3.13. The van der Waals surface area contributed by atoms with Crippen molar-refractivity contribution in [2.45, 2.75) is 36.9 Å². The molecule has 2 aliphatic heterocycles. The number of rotatable bonds is 1. The number of aliphatic hydroxyl groups is 1. The van der Waals surface area contributed by atoms with Crippen molar-refractivity contribution in [1.82, 2.24) is 0 Å². The fraction of sp³-hybridized carbons (Fsp3) is 0.538. The number of halogens is 1. The van der Waals surface area contributed by atoms with Crippen molar-refractivity contribution in [3.05, 3.63) is 27.2 Å². The van der Waals surface area contributed by atoms with Crippen LogP contribution in [0, 0.1) is 0 Å². The summed E-state index contributed by atoms with van der Waals surface area (Å²) < 4.78 is 6.77. The first-order chi connectivity index (χ1) is 8.22. The molecule has 0 amide bonds. The Morgan fingerprint density at radius 3 is 3.18 bits per heavy atom. The van der Waals surface area contributed by atoms with E-state index in [1.807, 2.05) is 11.8 Å². The van der Waals surface area contributed by atoms with Crippen LogP contribution < -0.4 is 4.74 Å². The van der Waals surface area contributed by atoms with E-state index in [4.69, 9.17) is 4.74 Å². The van der Waals surface area contributed by atoms with Gasteiger partial charge in [0.25, 0.3) is 0 Å². The molecular weight excluding hydrogens is 300 g/mol. The molecule has 0 radical (unpaired) electrons. The molecule has 0 aliphatic carbocycles. The maximum absolute atomic E-state index is 10.4. The zero-order chi connectivity index (χ0) is 12.0. The second-order valence-electron chi connectivity index (χ2n) is 4.54. The highest BCUT2D eigenvalue weighted by atomic mass is 79.9. The van der Waals surface area contributed by atoms with E-state index in [0.29, 0.717) is 5.25 Å². The number of ether oxygens (including phenoxy) is 1. The molecule has 2 aliphatic rings.